The van der Waals surface area contributed by atoms with Gasteiger partial charge in [-0.2, -0.15) is 0 Å². The molecule has 0 spiro atoms. The van der Waals surface area contributed by atoms with Gasteiger partial charge in [-0.05, 0) is 50.7 Å². The summed E-state index contributed by atoms with van der Waals surface area (Å²) < 4.78 is 6.22. The van der Waals surface area contributed by atoms with Gasteiger partial charge in [0, 0.05) is 0 Å². The molecule has 0 N–H and O–H groups in total. The van der Waals surface area contributed by atoms with E-state index in [4.69, 9.17) is 4.74 Å². The zero-order valence-electron chi connectivity index (χ0n) is 15.7. The largest absolute Gasteiger partial charge is 1.00 e. The molecule has 1 aromatic carbocycles. The molecule has 1 aliphatic rings. The molecular formula is C21H32ClNO2. The van der Waals surface area contributed by atoms with E-state index in [2.05, 4.69) is 43.3 Å². The predicted molar refractivity (Wildman–Crippen MR) is 98.7 cm³/mol. The van der Waals surface area contributed by atoms with Crippen LogP contribution in [0.4, 0.5) is 0 Å². The van der Waals surface area contributed by atoms with Crippen LogP contribution in [0.3, 0.4) is 0 Å². The van der Waals surface area contributed by atoms with Crippen molar-refractivity contribution >= 4 is 5.97 Å². The van der Waals surface area contributed by atoms with Gasteiger partial charge in [0.25, 0.3) is 0 Å². The molecule has 2 rings (SSSR count). The quantitative estimate of drug-likeness (QED) is 0.392. The van der Waals surface area contributed by atoms with E-state index in [-0.39, 0.29) is 18.4 Å². The molecule has 4 heteroatoms. The van der Waals surface area contributed by atoms with Crippen molar-refractivity contribution in [2.24, 2.45) is 0 Å². The van der Waals surface area contributed by atoms with Crippen molar-refractivity contribution in [1.29, 1.82) is 0 Å². The summed E-state index contributed by atoms with van der Waals surface area (Å²) >= 11 is 0. The maximum absolute atomic E-state index is 12.2. The number of hydrogen-bond acceptors (Lipinski definition) is 2. The van der Waals surface area contributed by atoms with E-state index in [1.165, 1.54) is 30.4 Å². The van der Waals surface area contributed by atoms with Crippen LogP contribution >= 0.6 is 0 Å². The summed E-state index contributed by atoms with van der Waals surface area (Å²) in [4.78, 5) is 12.2. The smallest absolute Gasteiger partial charge is 0.361 e. The van der Waals surface area contributed by atoms with Gasteiger partial charge in [-0.1, -0.05) is 42.8 Å². The number of quaternary nitrogens is 1. The van der Waals surface area contributed by atoms with Crippen molar-refractivity contribution in [2.75, 3.05) is 32.8 Å². The lowest BCUT2D eigenvalue weighted by Crippen LogP contribution is -3.00. The van der Waals surface area contributed by atoms with E-state index < -0.39 is 0 Å². The minimum absolute atomic E-state index is 0. The van der Waals surface area contributed by atoms with E-state index in [0.29, 0.717) is 13.2 Å². The Balaban J connectivity index is 0.00000312. The Morgan fingerprint density at radius 3 is 2.48 bits per heavy atom. The highest BCUT2D eigenvalue weighted by molar-refractivity contribution is 5.70. The van der Waals surface area contributed by atoms with E-state index in [0.717, 1.165) is 37.0 Å². The van der Waals surface area contributed by atoms with Gasteiger partial charge in [0.05, 0.1) is 26.2 Å². The Labute approximate surface area is 159 Å². The molecular weight excluding hydrogens is 334 g/mol. The maximum Gasteiger partial charge on any atom is 0.361 e. The van der Waals surface area contributed by atoms with Crippen LogP contribution in [-0.2, 0) is 16.0 Å². The summed E-state index contributed by atoms with van der Waals surface area (Å²) in [5, 5.41) is 0. The number of benzene rings is 1. The maximum atomic E-state index is 12.2. The SMILES string of the molecule is CCCOC(=O)C[N+]1(C/C=C(\C)Cc2ccccc2)CCCCC1.[Cl-]. The molecule has 0 atom stereocenters. The van der Waals surface area contributed by atoms with Gasteiger partial charge in [-0.15, -0.1) is 0 Å². The number of carbonyl (C=O) groups is 1. The lowest BCUT2D eigenvalue weighted by molar-refractivity contribution is -0.920. The van der Waals surface area contributed by atoms with Crippen molar-refractivity contribution in [3.05, 3.63) is 47.5 Å². The van der Waals surface area contributed by atoms with Crippen LogP contribution in [0.25, 0.3) is 0 Å². The van der Waals surface area contributed by atoms with Crippen LogP contribution in [0.15, 0.2) is 42.0 Å². The minimum Gasteiger partial charge on any atom is -1.00 e. The number of likely N-dealkylation sites (tertiary alicyclic amines) is 1. The fourth-order valence-corrected chi connectivity index (χ4v) is 3.46. The molecule has 0 aromatic heterocycles. The summed E-state index contributed by atoms with van der Waals surface area (Å²) in [6.07, 6.45) is 7.93. The standard InChI is InChI=1S/C21H32NO2.ClH/c1-3-16-24-21(23)18-22(13-8-5-9-14-22)15-12-19(2)17-20-10-6-4-7-11-20;/h4,6-7,10-12H,3,5,8-9,13-18H2,1-2H3;1H/q+1;/p-1/b19-12+;. The number of esters is 1. The molecule has 0 radical (unpaired) electrons. The third-order valence-electron chi connectivity index (χ3n) is 4.85. The van der Waals surface area contributed by atoms with Crippen LogP contribution in [0.1, 0.15) is 45.1 Å². The highest BCUT2D eigenvalue weighted by Crippen LogP contribution is 2.20. The van der Waals surface area contributed by atoms with E-state index in [1.807, 2.05) is 6.92 Å². The normalized spacial score (nSPS) is 16.8. The van der Waals surface area contributed by atoms with Crippen LogP contribution in [0.2, 0.25) is 0 Å². The second-order valence-electron chi connectivity index (χ2n) is 7.12. The zero-order valence-corrected chi connectivity index (χ0v) is 16.4. The first kappa shape index (κ1) is 21.7. The molecule has 0 saturated carbocycles. The molecule has 0 aliphatic carbocycles. The highest BCUT2D eigenvalue weighted by atomic mass is 35.5. The van der Waals surface area contributed by atoms with Crippen molar-refractivity contribution in [3.63, 3.8) is 0 Å². The molecule has 1 aliphatic heterocycles. The lowest BCUT2D eigenvalue weighted by atomic mass is 10.0. The Kier molecular flexibility index (Phi) is 9.84. The monoisotopic (exact) mass is 365 g/mol. The van der Waals surface area contributed by atoms with Gasteiger partial charge in [0.2, 0.25) is 0 Å². The van der Waals surface area contributed by atoms with Gasteiger partial charge in [0.15, 0.2) is 6.54 Å². The van der Waals surface area contributed by atoms with E-state index in [9.17, 15) is 4.79 Å². The average molecular weight is 366 g/mol. The summed E-state index contributed by atoms with van der Waals surface area (Å²) in [7, 11) is 0. The van der Waals surface area contributed by atoms with Crippen LogP contribution in [-0.4, -0.2) is 43.2 Å². The first-order valence-electron chi connectivity index (χ1n) is 9.34. The van der Waals surface area contributed by atoms with Gasteiger partial charge >= 0.3 is 5.97 Å². The number of nitrogens with zero attached hydrogens (tertiary/aromatic N) is 1. The van der Waals surface area contributed by atoms with Gasteiger partial charge in [-0.25, -0.2) is 4.79 Å². The third-order valence-corrected chi connectivity index (χ3v) is 4.85. The Hall–Kier alpha value is -1.32. The molecule has 140 valence electrons. The molecule has 1 saturated heterocycles. The predicted octanol–water partition coefficient (Wildman–Crippen LogP) is 1.13. The van der Waals surface area contributed by atoms with Crippen molar-refractivity contribution in [1.82, 2.24) is 0 Å². The Morgan fingerprint density at radius 2 is 1.84 bits per heavy atom. The van der Waals surface area contributed by atoms with E-state index in [1.54, 1.807) is 0 Å². The fraction of sp³-hybridized carbons (Fsp3) is 0.571. The van der Waals surface area contributed by atoms with Crippen molar-refractivity contribution in [3.8, 4) is 0 Å². The van der Waals surface area contributed by atoms with Gasteiger partial charge in [-0.3, -0.25) is 0 Å². The lowest BCUT2D eigenvalue weighted by Gasteiger charge is -2.40. The van der Waals surface area contributed by atoms with Gasteiger partial charge in [0.1, 0.15) is 0 Å². The molecule has 25 heavy (non-hydrogen) atoms. The summed E-state index contributed by atoms with van der Waals surface area (Å²) in [5.41, 5.74) is 2.73. The second kappa shape index (κ2) is 11.3. The highest BCUT2D eigenvalue weighted by Gasteiger charge is 2.32. The number of ether oxygens (including phenoxy) is 1. The Bertz CT molecular complexity index is 536. The van der Waals surface area contributed by atoms with E-state index >= 15 is 0 Å². The number of rotatable bonds is 8. The first-order chi connectivity index (χ1) is 11.6. The van der Waals surface area contributed by atoms with Crippen molar-refractivity contribution < 1.29 is 26.4 Å². The zero-order chi connectivity index (χ0) is 17.3. The van der Waals surface area contributed by atoms with Crippen LogP contribution in [0, 0.1) is 0 Å². The summed E-state index contributed by atoms with van der Waals surface area (Å²) in [5.74, 6) is -0.0344. The van der Waals surface area contributed by atoms with Crippen LogP contribution < -0.4 is 12.4 Å². The molecule has 0 unspecified atom stereocenters. The molecule has 0 bridgehead atoms. The number of halogens is 1. The topological polar surface area (TPSA) is 26.3 Å². The average Bonchev–Trinajstić information content (AvgIpc) is 2.60. The third kappa shape index (κ3) is 7.62. The minimum atomic E-state index is -0.0344. The number of piperidine rings is 1. The molecule has 3 nitrogen and oxygen atoms in total. The molecule has 0 amide bonds. The summed E-state index contributed by atoms with van der Waals surface area (Å²) in [6, 6.07) is 10.6. The second-order valence-corrected chi connectivity index (χ2v) is 7.12. The summed E-state index contributed by atoms with van der Waals surface area (Å²) in [6.45, 7) is 8.43. The first-order valence-corrected chi connectivity index (χ1v) is 9.34. The van der Waals surface area contributed by atoms with Crippen molar-refractivity contribution in [2.45, 2.75) is 46.0 Å². The Morgan fingerprint density at radius 1 is 1.16 bits per heavy atom. The van der Waals surface area contributed by atoms with Crippen LogP contribution in [0.5, 0.6) is 0 Å². The fourth-order valence-electron chi connectivity index (χ4n) is 3.46. The molecule has 1 heterocycles. The number of hydrogen-bond donors (Lipinski definition) is 0. The molecule has 1 aromatic rings. The number of carbonyl (C=O) groups excluding carboxylic acids is 1. The van der Waals surface area contributed by atoms with Gasteiger partial charge < -0.3 is 21.6 Å². The molecule has 1 fully saturated rings. The number of allylic oxidation sites excluding steroid dienone is 1.